The van der Waals surface area contributed by atoms with Gasteiger partial charge in [0.05, 0.1) is 11.4 Å². The predicted molar refractivity (Wildman–Crippen MR) is 119 cm³/mol. The highest BCUT2D eigenvalue weighted by atomic mass is 16.4. The second-order valence-corrected chi connectivity index (χ2v) is 7.34. The molecule has 0 fully saturated rings. The normalized spacial score (nSPS) is 14.7. The second-order valence-electron chi connectivity index (χ2n) is 7.34. The van der Waals surface area contributed by atoms with Gasteiger partial charge in [0.25, 0.3) is 5.91 Å². The molecular formula is C23H26N4O4. The molecule has 8 nitrogen and oxygen atoms in total. The number of para-hydroxylation sites is 1. The number of carbonyl (C=O) groups excluding carboxylic acids is 1. The van der Waals surface area contributed by atoms with Crippen LogP contribution >= 0.6 is 0 Å². The molecule has 0 radical (unpaired) electrons. The number of nitrogens with one attached hydrogen (secondary N) is 1. The van der Waals surface area contributed by atoms with Crippen molar-refractivity contribution in [2.75, 3.05) is 12.0 Å². The number of hydrazone groups is 2. The van der Waals surface area contributed by atoms with Gasteiger partial charge in [0, 0.05) is 13.0 Å². The van der Waals surface area contributed by atoms with Crippen LogP contribution in [0.2, 0.25) is 0 Å². The molecule has 3 rings (SSSR count). The molecule has 2 aromatic carbocycles. The molecule has 8 heteroatoms. The van der Waals surface area contributed by atoms with E-state index in [9.17, 15) is 14.7 Å². The van der Waals surface area contributed by atoms with Gasteiger partial charge in [-0.2, -0.15) is 10.2 Å². The van der Waals surface area contributed by atoms with E-state index in [2.05, 4.69) is 27.8 Å². The number of rotatable bonds is 10. The Kier molecular flexibility index (Phi) is 7.37. The molecule has 1 amide bonds. The zero-order valence-electron chi connectivity index (χ0n) is 17.4. The van der Waals surface area contributed by atoms with Crippen LogP contribution in [0.1, 0.15) is 37.3 Å². The summed E-state index contributed by atoms with van der Waals surface area (Å²) in [5.41, 5.74) is 5.83. The van der Waals surface area contributed by atoms with Crippen molar-refractivity contribution in [2.24, 2.45) is 10.2 Å². The largest absolute Gasteiger partial charge is 0.505 e. The molecule has 162 valence electrons. The molecule has 0 saturated heterocycles. The maximum absolute atomic E-state index is 12.5. The van der Waals surface area contributed by atoms with Crippen LogP contribution < -0.4 is 5.43 Å². The van der Waals surface area contributed by atoms with Gasteiger partial charge in [0.2, 0.25) is 0 Å². The molecule has 1 aliphatic heterocycles. The van der Waals surface area contributed by atoms with Crippen molar-refractivity contribution in [2.45, 2.75) is 39.0 Å². The van der Waals surface area contributed by atoms with E-state index in [0.717, 1.165) is 18.4 Å². The van der Waals surface area contributed by atoms with Gasteiger partial charge < -0.3 is 10.2 Å². The molecule has 0 atom stereocenters. The number of aliphatic carboxylic acids is 1. The summed E-state index contributed by atoms with van der Waals surface area (Å²) in [5, 5.41) is 28.8. The first-order valence-electron chi connectivity index (χ1n) is 10.2. The molecule has 3 N–H and O–H groups in total. The summed E-state index contributed by atoms with van der Waals surface area (Å²) in [4.78, 5) is 23.1. The lowest BCUT2D eigenvalue weighted by Gasteiger charge is -2.11. The zero-order chi connectivity index (χ0) is 22.2. The SMILES string of the molecule is CC1=NN(CCCC(=O)O)C(=O)/C1=N\Nc1cccc(CCCc2ccccc2)c1O. The van der Waals surface area contributed by atoms with Gasteiger partial charge in [0.1, 0.15) is 5.75 Å². The minimum atomic E-state index is -0.915. The highest BCUT2D eigenvalue weighted by Crippen LogP contribution is 2.29. The lowest BCUT2D eigenvalue weighted by Crippen LogP contribution is -2.29. The van der Waals surface area contributed by atoms with Crippen molar-refractivity contribution in [3.8, 4) is 5.75 Å². The number of nitrogens with zero attached hydrogens (tertiary/aromatic N) is 3. The monoisotopic (exact) mass is 422 g/mol. The standard InChI is InChI=1S/C23H26N4O4/c1-16-21(23(31)27(26-16)15-7-14-20(28)29)25-24-19-13-6-12-18(22(19)30)11-5-10-17-8-3-2-4-9-17/h2-4,6,8-9,12-13,24,30H,5,7,10-11,14-15H2,1H3,(H,28,29)/b25-21-. The van der Waals surface area contributed by atoms with Gasteiger partial charge in [-0.3, -0.25) is 15.0 Å². The van der Waals surface area contributed by atoms with Crippen LogP contribution in [0.25, 0.3) is 0 Å². The van der Waals surface area contributed by atoms with Crippen molar-refractivity contribution in [1.29, 1.82) is 0 Å². The maximum atomic E-state index is 12.5. The van der Waals surface area contributed by atoms with Crippen LogP contribution in [0.5, 0.6) is 5.75 Å². The summed E-state index contributed by atoms with van der Waals surface area (Å²) in [5.74, 6) is -1.20. The molecule has 1 aliphatic rings. The summed E-state index contributed by atoms with van der Waals surface area (Å²) in [6.07, 6.45) is 2.80. The molecule has 31 heavy (non-hydrogen) atoms. The highest BCUT2D eigenvalue weighted by Gasteiger charge is 2.29. The number of phenolic OH excluding ortho intramolecular Hbond substituents is 1. The number of hydrogen-bond acceptors (Lipinski definition) is 6. The number of benzene rings is 2. The molecule has 1 heterocycles. The van der Waals surface area contributed by atoms with Crippen LogP contribution in [0, 0.1) is 0 Å². The summed E-state index contributed by atoms with van der Waals surface area (Å²) in [6, 6.07) is 15.6. The van der Waals surface area contributed by atoms with Gasteiger partial charge in [-0.15, -0.1) is 0 Å². The molecule has 0 bridgehead atoms. The smallest absolute Gasteiger partial charge is 0.303 e. The van der Waals surface area contributed by atoms with E-state index in [1.54, 1.807) is 13.0 Å². The molecule has 0 aromatic heterocycles. The van der Waals surface area contributed by atoms with Crippen LogP contribution in [0.15, 0.2) is 58.7 Å². The highest BCUT2D eigenvalue weighted by molar-refractivity contribution is 6.68. The predicted octanol–water partition coefficient (Wildman–Crippen LogP) is 3.42. The Morgan fingerprint density at radius 1 is 1.10 bits per heavy atom. The number of anilines is 1. The average molecular weight is 422 g/mol. The van der Waals surface area contributed by atoms with Crippen molar-refractivity contribution >= 4 is 29.0 Å². The Bertz CT molecular complexity index is 1000. The number of aryl methyl sites for hydroxylation is 2. The Hall–Kier alpha value is -3.68. The molecule has 0 aliphatic carbocycles. The van der Waals surface area contributed by atoms with Gasteiger partial charge in [-0.25, -0.2) is 5.01 Å². The molecule has 2 aromatic rings. The molecular weight excluding hydrogens is 396 g/mol. The summed E-state index contributed by atoms with van der Waals surface area (Å²) < 4.78 is 0. The summed E-state index contributed by atoms with van der Waals surface area (Å²) in [7, 11) is 0. The number of hydrogen-bond donors (Lipinski definition) is 3. The van der Waals surface area contributed by atoms with Crippen molar-refractivity contribution in [3.63, 3.8) is 0 Å². The van der Waals surface area contributed by atoms with Crippen LogP contribution in [0.4, 0.5) is 5.69 Å². The number of amides is 1. The van der Waals surface area contributed by atoms with Crippen molar-refractivity contribution in [1.82, 2.24) is 5.01 Å². The van der Waals surface area contributed by atoms with E-state index >= 15 is 0 Å². The zero-order valence-corrected chi connectivity index (χ0v) is 17.4. The number of aromatic hydroxyl groups is 1. The first-order chi connectivity index (χ1) is 15.0. The molecule has 0 spiro atoms. The minimum Gasteiger partial charge on any atom is -0.505 e. The molecule has 0 saturated carbocycles. The van der Waals surface area contributed by atoms with Crippen molar-refractivity contribution in [3.05, 3.63) is 59.7 Å². The quantitative estimate of drug-likeness (QED) is 0.401. The average Bonchev–Trinajstić information content (AvgIpc) is 3.02. The third kappa shape index (κ3) is 5.91. The number of phenols is 1. The lowest BCUT2D eigenvalue weighted by atomic mass is 10.0. The van der Waals surface area contributed by atoms with E-state index in [0.29, 0.717) is 24.2 Å². The fourth-order valence-corrected chi connectivity index (χ4v) is 3.34. The second kappa shape index (κ2) is 10.4. The first-order valence-corrected chi connectivity index (χ1v) is 10.2. The minimum absolute atomic E-state index is 0.0337. The fourth-order valence-electron chi connectivity index (χ4n) is 3.34. The van der Waals surface area contributed by atoms with Crippen LogP contribution in [0.3, 0.4) is 0 Å². The number of carboxylic acids is 1. The van der Waals surface area contributed by atoms with Gasteiger partial charge >= 0.3 is 5.97 Å². The Morgan fingerprint density at radius 3 is 2.61 bits per heavy atom. The van der Waals surface area contributed by atoms with Gasteiger partial charge in [0.15, 0.2) is 5.71 Å². The van der Waals surface area contributed by atoms with Crippen molar-refractivity contribution < 1.29 is 19.8 Å². The third-order valence-electron chi connectivity index (χ3n) is 4.97. The van der Waals surface area contributed by atoms with E-state index < -0.39 is 11.9 Å². The van der Waals surface area contributed by atoms with E-state index in [1.807, 2.05) is 30.3 Å². The Morgan fingerprint density at radius 2 is 1.87 bits per heavy atom. The van der Waals surface area contributed by atoms with Gasteiger partial charge in [-0.1, -0.05) is 42.5 Å². The van der Waals surface area contributed by atoms with E-state index in [4.69, 9.17) is 5.11 Å². The fraction of sp³-hybridized carbons (Fsp3) is 0.304. The Balaban J connectivity index is 1.60. The van der Waals surface area contributed by atoms with Gasteiger partial charge in [-0.05, 0) is 49.8 Å². The molecule has 0 unspecified atom stereocenters. The summed E-state index contributed by atoms with van der Waals surface area (Å²) in [6.45, 7) is 1.87. The number of carbonyl (C=O) groups is 2. The Labute approximate surface area is 180 Å². The lowest BCUT2D eigenvalue weighted by molar-refractivity contribution is -0.137. The first kappa shape index (κ1) is 22.0. The van der Waals surface area contributed by atoms with E-state index in [-0.39, 0.29) is 24.4 Å². The summed E-state index contributed by atoms with van der Waals surface area (Å²) >= 11 is 0. The topological polar surface area (TPSA) is 115 Å². The maximum Gasteiger partial charge on any atom is 0.303 e. The van der Waals surface area contributed by atoms with Crippen LogP contribution in [-0.4, -0.2) is 45.1 Å². The van der Waals surface area contributed by atoms with E-state index in [1.165, 1.54) is 10.6 Å². The third-order valence-corrected chi connectivity index (χ3v) is 4.97. The van der Waals surface area contributed by atoms with Crippen LogP contribution in [-0.2, 0) is 22.4 Å². The number of carboxylic acid groups (broad SMARTS) is 1.